The molecule has 21 heavy (non-hydrogen) atoms. The summed E-state index contributed by atoms with van der Waals surface area (Å²) in [6, 6.07) is 4.66. The fourth-order valence-corrected chi connectivity index (χ4v) is 4.10. The van der Waals surface area contributed by atoms with Crippen molar-refractivity contribution in [2.45, 2.75) is 17.9 Å². The van der Waals surface area contributed by atoms with Crippen molar-refractivity contribution in [1.82, 2.24) is 14.5 Å². The van der Waals surface area contributed by atoms with Gasteiger partial charge in [0, 0.05) is 36.2 Å². The van der Waals surface area contributed by atoms with Crippen molar-refractivity contribution in [3.05, 3.63) is 40.1 Å². The molecule has 0 radical (unpaired) electrons. The second kappa shape index (κ2) is 6.78. The van der Waals surface area contributed by atoms with Crippen molar-refractivity contribution in [3.63, 3.8) is 0 Å². The van der Waals surface area contributed by atoms with E-state index in [1.165, 1.54) is 12.1 Å². The predicted molar refractivity (Wildman–Crippen MR) is 85.6 cm³/mol. The number of anilines is 1. The quantitative estimate of drug-likeness (QED) is 0.582. The average molecular weight is 394 g/mol. The summed E-state index contributed by atoms with van der Waals surface area (Å²) in [6.45, 7) is 0.926. The highest BCUT2D eigenvalue weighted by Gasteiger charge is 2.19. The van der Waals surface area contributed by atoms with Gasteiger partial charge in [0.05, 0.1) is 9.37 Å². The lowest BCUT2D eigenvalue weighted by molar-refractivity contribution is 0.552. The molecular formula is C12H14BrClN4O2S. The molecule has 2 aromatic rings. The standard InChI is InChI=1S/C12H14BrClN4O2S/c13-12-10(15)7-9(14)8-11(12)21(19,20)17-4-2-6-18-5-1-3-16-18/h1,3,5,7-8,17H,2,4,6,15H2. The summed E-state index contributed by atoms with van der Waals surface area (Å²) in [7, 11) is -3.67. The zero-order valence-electron chi connectivity index (χ0n) is 11.0. The van der Waals surface area contributed by atoms with Gasteiger partial charge in [-0.05, 0) is 40.5 Å². The van der Waals surface area contributed by atoms with Gasteiger partial charge in [-0.2, -0.15) is 5.10 Å². The fraction of sp³-hybridized carbons (Fsp3) is 0.250. The molecule has 6 nitrogen and oxygen atoms in total. The number of hydrogen-bond acceptors (Lipinski definition) is 4. The molecule has 0 saturated heterocycles. The second-order valence-corrected chi connectivity index (χ2v) is 7.29. The number of halogens is 2. The highest BCUT2D eigenvalue weighted by molar-refractivity contribution is 9.10. The number of aromatic nitrogens is 2. The molecule has 0 saturated carbocycles. The van der Waals surface area contributed by atoms with Crippen LogP contribution in [-0.4, -0.2) is 24.7 Å². The second-order valence-electron chi connectivity index (χ2n) is 4.33. The van der Waals surface area contributed by atoms with E-state index in [-0.39, 0.29) is 15.6 Å². The minimum atomic E-state index is -3.67. The Labute approximate surface area is 136 Å². The molecular weight excluding hydrogens is 380 g/mol. The maximum absolute atomic E-state index is 12.2. The van der Waals surface area contributed by atoms with E-state index in [1.54, 1.807) is 10.9 Å². The lowest BCUT2D eigenvalue weighted by Crippen LogP contribution is -2.26. The van der Waals surface area contributed by atoms with Gasteiger partial charge in [-0.3, -0.25) is 4.68 Å². The van der Waals surface area contributed by atoms with Crippen LogP contribution in [0.25, 0.3) is 0 Å². The van der Waals surface area contributed by atoms with Crippen molar-refractivity contribution >= 4 is 43.2 Å². The molecule has 0 fully saturated rings. The molecule has 0 aliphatic rings. The van der Waals surface area contributed by atoms with Crippen LogP contribution in [0.5, 0.6) is 0 Å². The van der Waals surface area contributed by atoms with Gasteiger partial charge in [0.15, 0.2) is 0 Å². The third kappa shape index (κ3) is 4.19. The maximum atomic E-state index is 12.2. The van der Waals surface area contributed by atoms with E-state index in [9.17, 15) is 8.42 Å². The largest absolute Gasteiger partial charge is 0.398 e. The average Bonchev–Trinajstić information content (AvgIpc) is 2.92. The smallest absolute Gasteiger partial charge is 0.241 e. The maximum Gasteiger partial charge on any atom is 0.241 e. The molecule has 1 aromatic heterocycles. The third-order valence-electron chi connectivity index (χ3n) is 2.74. The van der Waals surface area contributed by atoms with Gasteiger partial charge in [-0.1, -0.05) is 11.6 Å². The van der Waals surface area contributed by atoms with Gasteiger partial charge in [0.1, 0.15) is 0 Å². The van der Waals surface area contributed by atoms with Crippen molar-refractivity contribution in [1.29, 1.82) is 0 Å². The number of nitrogens with two attached hydrogens (primary N) is 1. The molecule has 114 valence electrons. The van der Waals surface area contributed by atoms with E-state index < -0.39 is 10.0 Å². The van der Waals surface area contributed by atoms with Crippen LogP contribution in [0.1, 0.15) is 6.42 Å². The van der Waals surface area contributed by atoms with Crippen molar-refractivity contribution in [3.8, 4) is 0 Å². The molecule has 0 amide bonds. The first-order chi connectivity index (χ1) is 9.90. The molecule has 3 N–H and O–H groups in total. The Morgan fingerprint density at radius 1 is 1.43 bits per heavy atom. The highest BCUT2D eigenvalue weighted by atomic mass is 79.9. The van der Waals surface area contributed by atoms with Crippen LogP contribution in [0.3, 0.4) is 0 Å². The summed E-state index contributed by atoms with van der Waals surface area (Å²) < 4.78 is 29.1. The molecule has 1 aromatic carbocycles. The number of nitrogen functional groups attached to an aromatic ring is 1. The van der Waals surface area contributed by atoms with E-state index >= 15 is 0 Å². The van der Waals surface area contributed by atoms with E-state index in [1.807, 2.05) is 12.3 Å². The number of rotatable bonds is 6. The summed E-state index contributed by atoms with van der Waals surface area (Å²) in [6.07, 6.45) is 4.12. The van der Waals surface area contributed by atoms with Crippen LogP contribution in [0.2, 0.25) is 5.02 Å². The minimum Gasteiger partial charge on any atom is -0.398 e. The van der Waals surface area contributed by atoms with E-state index in [2.05, 4.69) is 25.8 Å². The Hall–Kier alpha value is -1.09. The van der Waals surface area contributed by atoms with Gasteiger partial charge >= 0.3 is 0 Å². The molecule has 1 heterocycles. The summed E-state index contributed by atoms with van der Waals surface area (Å²) in [5, 5.41) is 4.31. The molecule has 2 rings (SSSR count). The molecule has 0 atom stereocenters. The lowest BCUT2D eigenvalue weighted by Gasteiger charge is -2.10. The molecule has 9 heteroatoms. The Morgan fingerprint density at radius 3 is 2.86 bits per heavy atom. The van der Waals surface area contributed by atoms with Crippen molar-refractivity contribution in [2.75, 3.05) is 12.3 Å². The first-order valence-electron chi connectivity index (χ1n) is 6.12. The van der Waals surface area contributed by atoms with Crippen molar-refractivity contribution in [2.24, 2.45) is 0 Å². The summed E-state index contributed by atoms with van der Waals surface area (Å²) >= 11 is 9.03. The number of nitrogens with zero attached hydrogens (tertiary/aromatic N) is 2. The first kappa shape index (κ1) is 16.3. The zero-order chi connectivity index (χ0) is 15.5. The van der Waals surface area contributed by atoms with Crippen LogP contribution in [0, 0.1) is 0 Å². The van der Waals surface area contributed by atoms with Crippen LogP contribution >= 0.6 is 27.5 Å². The van der Waals surface area contributed by atoms with E-state index in [0.717, 1.165) is 0 Å². The van der Waals surface area contributed by atoms with Crippen molar-refractivity contribution < 1.29 is 8.42 Å². The molecule has 0 aliphatic heterocycles. The summed E-state index contributed by atoms with van der Waals surface area (Å²) in [5.41, 5.74) is 5.98. The van der Waals surface area contributed by atoms with Crippen LogP contribution in [-0.2, 0) is 16.6 Å². The van der Waals surface area contributed by atoms with Gasteiger partial charge in [0.25, 0.3) is 0 Å². The molecule has 0 spiro atoms. The van der Waals surface area contributed by atoms with Crippen LogP contribution in [0.4, 0.5) is 5.69 Å². The number of nitrogens with one attached hydrogen (secondary N) is 1. The van der Waals surface area contributed by atoms with Gasteiger partial charge < -0.3 is 5.73 Å². The molecule has 0 unspecified atom stereocenters. The van der Waals surface area contributed by atoms with Gasteiger partial charge in [-0.15, -0.1) is 0 Å². The zero-order valence-corrected chi connectivity index (χ0v) is 14.1. The molecule has 0 aliphatic carbocycles. The summed E-state index contributed by atoms with van der Waals surface area (Å²) in [4.78, 5) is 0.0339. The highest BCUT2D eigenvalue weighted by Crippen LogP contribution is 2.31. The number of aryl methyl sites for hydroxylation is 1. The number of hydrogen-bond donors (Lipinski definition) is 2. The fourth-order valence-electron chi connectivity index (χ4n) is 1.74. The number of benzene rings is 1. The monoisotopic (exact) mass is 392 g/mol. The lowest BCUT2D eigenvalue weighted by atomic mass is 10.3. The van der Waals surface area contributed by atoms with Gasteiger partial charge in [0.2, 0.25) is 10.0 Å². The SMILES string of the molecule is Nc1cc(Cl)cc(S(=O)(=O)NCCCn2cccn2)c1Br. The number of sulfonamides is 1. The Bertz CT molecular complexity index is 719. The predicted octanol–water partition coefficient (Wildman–Crippen LogP) is 2.25. The Balaban J connectivity index is 2.02. The molecule has 0 bridgehead atoms. The third-order valence-corrected chi connectivity index (χ3v) is 5.59. The van der Waals surface area contributed by atoms with Crippen LogP contribution < -0.4 is 10.5 Å². The van der Waals surface area contributed by atoms with E-state index in [4.69, 9.17) is 17.3 Å². The topological polar surface area (TPSA) is 90.0 Å². The first-order valence-corrected chi connectivity index (χ1v) is 8.77. The Kier molecular flexibility index (Phi) is 5.26. The normalized spacial score (nSPS) is 11.7. The van der Waals surface area contributed by atoms with Crippen LogP contribution in [0.15, 0.2) is 40.0 Å². The van der Waals surface area contributed by atoms with Gasteiger partial charge in [-0.25, -0.2) is 13.1 Å². The van der Waals surface area contributed by atoms with E-state index in [0.29, 0.717) is 24.0 Å². The summed E-state index contributed by atoms with van der Waals surface area (Å²) in [5.74, 6) is 0. The minimum absolute atomic E-state index is 0.0339. The Morgan fingerprint density at radius 2 is 2.19 bits per heavy atom.